The minimum Gasteiger partial charge on any atom is -0.302 e. The number of carbonyl (C=O) groups is 1. The number of hydrogen-bond donors (Lipinski definition) is 0. The summed E-state index contributed by atoms with van der Waals surface area (Å²) >= 11 is 1.36. The van der Waals surface area contributed by atoms with E-state index < -0.39 is 0 Å². The minimum absolute atomic E-state index is 0.0280. The molecule has 0 aliphatic carbocycles. The normalized spacial score (nSPS) is 12.5. The van der Waals surface area contributed by atoms with Crippen LogP contribution in [0.5, 0.6) is 0 Å². The van der Waals surface area contributed by atoms with Gasteiger partial charge in [-0.25, -0.2) is 4.39 Å². The number of carbonyl (C=O) groups excluding carboxylic acids is 1. The zero-order valence-electron chi connectivity index (χ0n) is 20.5. The summed E-state index contributed by atoms with van der Waals surface area (Å²) in [7, 11) is 0. The molecule has 0 fully saturated rings. The van der Waals surface area contributed by atoms with Gasteiger partial charge in [-0.2, -0.15) is 0 Å². The van der Waals surface area contributed by atoms with Gasteiger partial charge in [0.2, 0.25) is 0 Å². The number of nitrogens with zero attached hydrogens (tertiary/aromatic N) is 3. The van der Waals surface area contributed by atoms with Crippen molar-refractivity contribution < 1.29 is 9.18 Å². The SMILES string of the molecule is CC(Sc1nnc(-c2ccccc2F)n1CCc1ccccc1)C(=O)c1ccc(C(C)(C)C)cc1. The maximum Gasteiger partial charge on any atom is 0.192 e. The predicted molar refractivity (Wildman–Crippen MR) is 140 cm³/mol. The second-order valence-corrected chi connectivity index (χ2v) is 10.9. The fourth-order valence-corrected chi connectivity index (χ4v) is 4.84. The molecule has 0 N–H and O–H groups in total. The molecule has 0 saturated carbocycles. The molecule has 1 atom stereocenters. The molecule has 0 spiro atoms. The van der Waals surface area contributed by atoms with Gasteiger partial charge in [-0.3, -0.25) is 4.79 Å². The largest absolute Gasteiger partial charge is 0.302 e. The van der Waals surface area contributed by atoms with Gasteiger partial charge in [-0.1, -0.05) is 99.3 Å². The Morgan fingerprint density at radius 3 is 2.26 bits per heavy atom. The highest BCUT2D eigenvalue weighted by Crippen LogP contribution is 2.30. The number of aromatic nitrogens is 3. The fourth-order valence-electron chi connectivity index (χ4n) is 3.89. The first-order valence-corrected chi connectivity index (χ1v) is 12.7. The Morgan fingerprint density at radius 2 is 1.60 bits per heavy atom. The lowest BCUT2D eigenvalue weighted by Crippen LogP contribution is -2.16. The standard InChI is InChI=1S/C29H30FN3OS/c1-20(26(34)22-14-16-23(17-15-22)29(2,3)4)35-28-32-31-27(24-12-8-9-13-25(24)30)33(28)19-18-21-10-6-5-7-11-21/h5-17,20H,18-19H2,1-4H3. The molecule has 4 nitrogen and oxygen atoms in total. The number of halogens is 1. The number of Topliss-reactive ketones (excluding diaryl/α,β-unsaturated/α-hetero) is 1. The molecule has 3 aromatic carbocycles. The highest BCUT2D eigenvalue weighted by atomic mass is 32.2. The van der Waals surface area contributed by atoms with Gasteiger partial charge in [0.15, 0.2) is 16.8 Å². The van der Waals surface area contributed by atoms with Gasteiger partial charge in [0.1, 0.15) is 5.82 Å². The average molecular weight is 488 g/mol. The lowest BCUT2D eigenvalue weighted by molar-refractivity contribution is 0.0993. The van der Waals surface area contributed by atoms with Crippen LogP contribution in [0, 0.1) is 5.82 Å². The Bertz CT molecular complexity index is 1290. The van der Waals surface area contributed by atoms with Crippen LogP contribution < -0.4 is 0 Å². The monoisotopic (exact) mass is 487 g/mol. The smallest absolute Gasteiger partial charge is 0.192 e. The maximum atomic E-state index is 14.6. The van der Waals surface area contributed by atoms with Gasteiger partial charge in [-0.15, -0.1) is 10.2 Å². The molecule has 0 aliphatic rings. The van der Waals surface area contributed by atoms with Gasteiger partial charge in [0, 0.05) is 12.1 Å². The summed E-state index contributed by atoms with van der Waals surface area (Å²) < 4.78 is 16.5. The first-order valence-electron chi connectivity index (χ1n) is 11.8. The van der Waals surface area contributed by atoms with Gasteiger partial charge in [0.25, 0.3) is 0 Å². The zero-order valence-corrected chi connectivity index (χ0v) is 21.3. The molecular weight excluding hydrogens is 457 g/mol. The molecule has 1 unspecified atom stereocenters. The highest BCUT2D eigenvalue weighted by molar-refractivity contribution is 8.00. The van der Waals surface area contributed by atoms with Crippen LogP contribution in [0.4, 0.5) is 4.39 Å². The summed E-state index contributed by atoms with van der Waals surface area (Å²) in [5.74, 6) is 0.150. The molecule has 6 heteroatoms. The van der Waals surface area contributed by atoms with Crippen LogP contribution in [0.25, 0.3) is 11.4 Å². The summed E-state index contributed by atoms with van der Waals surface area (Å²) in [6, 6.07) is 24.5. The number of rotatable bonds is 8. The third-order valence-corrected chi connectivity index (χ3v) is 7.07. The third-order valence-electron chi connectivity index (χ3n) is 5.99. The maximum absolute atomic E-state index is 14.6. The summed E-state index contributed by atoms with van der Waals surface area (Å²) in [6.45, 7) is 8.90. The first kappa shape index (κ1) is 24.9. The molecule has 180 valence electrons. The fraction of sp³-hybridized carbons (Fsp3) is 0.276. The van der Waals surface area contributed by atoms with E-state index >= 15 is 0 Å². The summed E-state index contributed by atoms with van der Waals surface area (Å²) in [4.78, 5) is 13.2. The van der Waals surface area contributed by atoms with Crippen LogP contribution in [0.15, 0.2) is 84.0 Å². The third kappa shape index (κ3) is 5.88. The summed E-state index contributed by atoms with van der Waals surface area (Å²) in [5.41, 5.74) is 3.45. The van der Waals surface area contributed by atoms with E-state index in [0.717, 1.165) is 6.42 Å². The van der Waals surface area contributed by atoms with Crippen molar-refractivity contribution >= 4 is 17.5 Å². The van der Waals surface area contributed by atoms with E-state index in [1.54, 1.807) is 18.2 Å². The van der Waals surface area contributed by atoms with Gasteiger partial charge in [0.05, 0.1) is 10.8 Å². The molecule has 4 rings (SSSR count). The average Bonchev–Trinajstić information content (AvgIpc) is 3.24. The Morgan fingerprint density at radius 1 is 0.943 bits per heavy atom. The van der Waals surface area contributed by atoms with Crippen LogP contribution in [-0.2, 0) is 18.4 Å². The van der Waals surface area contributed by atoms with E-state index in [0.29, 0.717) is 28.7 Å². The number of thioether (sulfide) groups is 1. The van der Waals surface area contributed by atoms with Gasteiger partial charge < -0.3 is 4.57 Å². The van der Waals surface area contributed by atoms with Crippen LogP contribution >= 0.6 is 11.8 Å². The lowest BCUT2D eigenvalue weighted by atomic mass is 9.86. The van der Waals surface area contributed by atoms with Crippen molar-refractivity contribution in [2.24, 2.45) is 0 Å². The lowest BCUT2D eigenvalue weighted by Gasteiger charge is -2.19. The van der Waals surface area contributed by atoms with Crippen LogP contribution in [0.1, 0.15) is 49.2 Å². The Kier molecular flexibility index (Phi) is 7.51. The Balaban J connectivity index is 1.59. The quantitative estimate of drug-likeness (QED) is 0.199. The zero-order chi connectivity index (χ0) is 25.0. The van der Waals surface area contributed by atoms with Crippen molar-refractivity contribution in [3.63, 3.8) is 0 Å². The van der Waals surface area contributed by atoms with Crippen molar-refractivity contribution in [3.8, 4) is 11.4 Å². The van der Waals surface area contributed by atoms with Gasteiger partial charge >= 0.3 is 0 Å². The van der Waals surface area contributed by atoms with Crippen LogP contribution in [0.2, 0.25) is 0 Å². The van der Waals surface area contributed by atoms with E-state index in [1.165, 1.54) is 29.0 Å². The second-order valence-electron chi connectivity index (χ2n) is 9.62. The van der Waals surface area contributed by atoms with E-state index in [4.69, 9.17) is 0 Å². The molecular formula is C29H30FN3OS. The number of aryl methyl sites for hydroxylation is 1. The van der Waals surface area contributed by atoms with E-state index in [1.807, 2.05) is 54.0 Å². The molecule has 4 aromatic rings. The first-order chi connectivity index (χ1) is 16.7. The number of ketones is 1. The molecule has 0 amide bonds. The van der Waals surface area contributed by atoms with Crippen molar-refractivity contribution in [1.29, 1.82) is 0 Å². The highest BCUT2D eigenvalue weighted by Gasteiger charge is 2.23. The summed E-state index contributed by atoms with van der Waals surface area (Å²) in [6.07, 6.45) is 0.741. The van der Waals surface area contributed by atoms with Crippen molar-refractivity contribution in [2.75, 3.05) is 0 Å². The Hall–Kier alpha value is -3.25. The molecule has 0 saturated heterocycles. The van der Waals surface area contributed by atoms with E-state index in [2.05, 4.69) is 43.1 Å². The molecule has 0 aliphatic heterocycles. The molecule has 1 heterocycles. The Labute approximate surface area is 210 Å². The van der Waals surface area contributed by atoms with E-state index in [-0.39, 0.29) is 22.3 Å². The topological polar surface area (TPSA) is 47.8 Å². The molecule has 1 aromatic heterocycles. The van der Waals surface area contributed by atoms with Crippen molar-refractivity contribution in [1.82, 2.24) is 14.8 Å². The molecule has 35 heavy (non-hydrogen) atoms. The van der Waals surface area contributed by atoms with E-state index in [9.17, 15) is 9.18 Å². The number of hydrogen-bond acceptors (Lipinski definition) is 4. The van der Waals surface area contributed by atoms with Crippen molar-refractivity contribution in [3.05, 3.63) is 101 Å². The van der Waals surface area contributed by atoms with Crippen molar-refractivity contribution in [2.45, 2.75) is 56.5 Å². The molecule has 0 radical (unpaired) electrons. The van der Waals surface area contributed by atoms with Crippen LogP contribution in [-0.4, -0.2) is 25.8 Å². The van der Waals surface area contributed by atoms with Gasteiger partial charge in [-0.05, 0) is 42.0 Å². The predicted octanol–water partition coefficient (Wildman–Crippen LogP) is 6.99. The minimum atomic E-state index is -0.372. The second kappa shape index (κ2) is 10.6. The molecule has 0 bridgehead atoms. The number of benzene rings is 3. The summed E-state index contributed by atoms with van der Waals surface area (Å²) in [5, 5.41) is 8.92. The van der Waals surface area contributed by atoms with Crippen LogP contribution in [0.3, 0.4) is 0 Å².